The zero-order valence-corrected chi connectivity index (χ0v) is 15.2. The van der Waals surface area contributed by atoms with E-state index in [4.69, 9.17) is 11.2 Å². The molecule has 3 N–H and O–H groups in total. The number of nitrogens with one attached hydrogen (secondary N) is 2. The second-order valence-corrected chi connectivity index (χ2v) is 6.56. The zero-order valence-electron chi connectivity index (χ0n) is 14.3. The summed E-state index contributed by atoms with van der Waals surface area (Å²) in [6.07, 6.45) is 5.25. The van der Waals surface area contributed by atoms with Gasteiger partial charge < -0.3 is 20.1 Å². The summed E-state index contributed by atoms with van der Waals surface area (Å²) < 4.78 is 5.12. The summed E-state index contributed by atoms with van der Waals surface area (Å²) >= 11 is 1.25. The number of thiazole rings is 1. The predicted octanol–water partition coefficient (Wildman–Crippen LogP) is 1.34. The molecule has 2 heterocycles. The number of aliphatic hydroxyl groups excluding tert-OH is 1. The maximum atomic E-state index is 12.1. The Balaban J connectivity index is 1.63. The fourth-order valence-electron chi connectivity index (χ4n) is 2.62. The van der Waals surface area contributed by atoms with E-state index >= 15 is 0 Å². The van der Waals surface area contributed by atoms with Crippen LogP contribution in [0.15, 0.2) is 29.6 Å². The van der Waals surface area contributed by atoms with E-state index in [1.165, 1.54) is 11.3 Å². The van der Waals surface area contributed by atoms with E-state index in [1.807, 2.05) is 0 Å². The van der Waals surface area contributed by atoms with Crippen molar-refractivity contribution in [3.8, 4) is 12.3 Å². The average Bonchev–Trinajstić information content (AvgIpc) is 3.14. The van der Waals surface area contributed by atoms with Gasteiger partial charge in [0.15, 0.2) is 5.01 Å². The number of nitrogens with zero attached hydrogens (tertiary/aromatic N) is 2. The highest BCUT2D eigenvalue weighted by molar-refractivity contribution is 7.10. The number of aliphatic hydroxyl groups is 1. The molecular weight excluding hydrogens is 368 g/mol. The molecule has 1 unspecified atom stereocenters. The fourth-order valence-corrected chi connectivity index (χ4v) is 3.17. The molecule has 27 heavy (non-hydrogen) atoms. The van der Waals surface area contributed by atoms with Gasteiger partial charge in [0, 0.05) is 17.6 Å². The van der Waals surface area contributed by atoms with Crippen LogP contribution in [-0.2, 0) is 9.53 Å². The minimum absolute atomic E-state index is 0.0702. The number of ether oxygens (including phenoxy) is 1. The van der Waals surface area contributed by atoms with Crippen molar-refractivity contribution < 1.29 is 19.4 Å². The van der Waals surface area contributed by atoms with E-state index in [9.17, 15) is 14.7 Å². The molecule has 0 spiro atoms. The number of hydrogen-bond acceptors (Lipinski definition) is 6. The van der Waals surface area contributed by atoms with Crippen molar-refractivity contribution >= 4 is 34.8 Å². The maximum Gasteiger partial charge on any atom is 0.320 e. The highest BCUT2D eigenvalue weighted by Crippen LogP contribution is 2.21. The Morgan fingerprint density at radius 2 is 2.22 bits per heavy atom. The van der Waals surface area contributed by atoms with Crippen LogP contribution in [0.5, 0.6) is 0 Å². The number of anilines is 2. The average molecular weight is 386 g/mol. The third kappa shape index (κ3) is 4.62. The molecular formula is C18H18N4O4S. The lowest BCUT2D eigenvalue weighted by molar-refractivity contribution is -0.125. The van der Waals surface area contributed by atoms with E-state index in [0.717, 1.165) is 5.69 Å². The van der Waals surface area contributed by atoms with Crippen LogP contribution >= 0.6 is 11.3 Å². The Bertz CT molecular complexity index is 859. The molecule has 3 amide bonds. The molecule has 1 aliphatic heterocycles. The Labute approximate surface area is 160 Å². The van der Waals surface area contributed by atoms with E-state index in [0.29, 0.717) is 29.5 Å². The van der Waals surface area contributed by atoms with E-state index < -0.39 is 12.1 Å². The topological polar surface area (TPSA) is 104 Å². The van der Waals surface area contributed by atoms with E-state index in [-0.39, 0.29) is 19.1 Å². The van der Waals surface area contributed by atoms with Crippen molar-refractivity contribution in [1.82, 2.24) is 10.3 Å². The van der Waals surface area contributed by atoms with Gasteiger partial charge in [0.1, 0.15) is 12.4 Å². The molecule has 1 atom stereocenters. The van der Waals surface area contributed by atoms with Gasteiger partial charge in [-0.25, -0.2) is 9.78 Å². The fraction of sp³-hybridized carbons (Fsp3) is 0.278. The molecule has 9 heteroatoms. The molecule has 2 aromatic rings. The number of rotatable bonds is 5. The number of amides is 3. The molecule has 0 saturated carbocycles. The lowest BCUT2D eigenvalue weighted by Crippen LogP contribution is -2.41. The summed E-state index contributed by atoms with van der Waals surface area (Å²) in [5, 5.41) is 17.0. The van der Waals surface area contributed by atoms with Crippen molar-refractivity contribution in [3.05, 3.63) is 40.2 Å². The Morgan fingerprint density at radius 1 is 1.44 bits per heavy atom. The highest BCUT2D eigenvalue weighted by atomic mass is 32.1. The number of benzene rings is 1. The summed E-state index contributed by atoms with van der Waals surface area (Å²) in [6, 6.07) is 5.97. The van der Waals surface area contributed by atoms with Crippen molar-refractivity contribution in [1.29, 1.82) is 0 Å². The van der Waals surface area contributed by atoms with Gasteiger partial charge in [-0.3, -0.25) is 10.1 Å². The normalized spacial score (nSPS) is 15.1. The van der Waals surface area contributed by atoms with Gasteiger partial charge in [-0.15, -0.1) is 17.8 Å². The summed E-state index contributed by atoms with van der Waals surface area (Å²) in [4.78, 5) is 29.7. The molecule has 1 aromatic carbocycles. The van der Waals surface area contributed by atoms with Gasteiger partial charge in [0.2, 0.25) is 0 Å². The molecule has 0 bridgehead atoms. The summed E-state index contributed by atoms with van der Waals surface area (Å²) in [7, 11) is 0. The largest absolute Gasteiger partial charge is 0.394 e. The summed E-state index contributed by atoms with van der Waals surface area (Å²) in [6.45, 7) is 0.777. The third-order valence-electron chi connectivity index (χ3n) is 3.95. The second kappa shape index (κ2) is 8.64. The van der Waals surface area contributed by atoms with Gasteiger partial charge >= 0.3 is 6.03 Å². The number of hydrogen-bond donors (Lipinski definition) is 3. The molecule has 1 fully saturated rings. The quantitative estimate of drug-likeness (QED) is 0.673. The van der Waals surface area contributed by atoms with Gasteiger partial charge in [-0.2, -0.15) is 0 Å². The molecule has 1 aliphatic rings. The molecule has 140 valence electrons. The first-order chi connectivity index (χ1) is 13.1. The SMILES string of the molecule is C#Cc1nc(NC(=O)NC(CO)c2ccc(N3CCOCC3=O)cc2)cs1. The van der Waals surface area contributed by atoms with Crippen LogP contribution in [0.4, 0.5) is 16.3 Å². The van der Waals surface area contributed by atoms with Gasteiger partial charge in [0.25, 0.3) is 5.91 Å². The molecule has 8 nitrogen and oxygen atoms in total. The van der Waals surface area contributed by atoms with Crippen LogP contribution in [0, 0.1) is 12.3 Å². The monoisotopic (exact) mass is 386 g/mol. The number of urea groups is 1. The van der Waals surface area contributed by atoms with Crippen LogP contribution < -0.4 is 15.5 Å². The zero-order chi connectivity index (χ0) is 19.2. The van der Waals surface area contributed by atoms with Crippen LogP contribution in [0.1, 0.15) is 16.6 Å². The minimum Gasteiger partial charge on any atom is -0.394 e. The lowest BCUT2D eigenvalue weighted by atomic mass is 10.1. The number of aromatic nitrogens is 1. The molecule has 1 aromatic heterocycles. The molecule has 3 rings (SSSR count). The number of terminal acetylenes is 1. The third-order valence-corrected chi connectivity index (χ3v) is 4.72. The highest BCUT2D eigenvalue weighted by Gasteiger charge is 2.21. The molecule has 0 radical (unpaired) electrons. The number of carbonyl (C=O) groups excluding carboxylic acids is 2. The number of morpholine rings is 1. The second-order valence-electron chi connectivity index (χ2n) is 5.71. The maximum absolute atomic E-state index is 12.1. The summed E-state index contributed by atoms with van der Waals surface area (Å²) in [5.41, 5.74) is 1.46. The van der Waals surface area contributed by atoms with Gasteiger partial charge in [-0.05, 0) is 23.6 Å². The summed E-state index contributed by atoms with van der Waals surface area (Å²) in [5.74, 6) is 2.65. The van der Waals surface area contributed by atoms with E-state index in [2.05, 4.69) is 21.5 Å². The first-order valence-corrected chi connectivity index (χ1v) is 9.07. The Hall–Kier alpha value is -2.93. The first kappa shape index (κ1) is 18.8. The van der Waals surface area contributed by atoms with Crippen LogP contribution in [0.3, 0.4) is 0 Å². The molecule has 0 aliphatic carbocycles. The van der Waals surface area contributed by atoms with E-state index in [1.54, 1.807) is 34.5 Å². The van der Waals surface area contributed by atoms with Crippen LogP contribution in [0.2, 0.25) is 0 Å². The standard InChI is InChI=1S/C18H18N4O4S/c1-2-16-20-15(11-27-16)21-18(25)19-14(9-23)12-3-5-13(6-4-12)22-7-8-26-10-17(22)24/h1,3-6,11,14,23H,7-10H2,(H2,19,21,25). The lowest BCUT2D eigenvalue weighted by Gasteiger charge is -2.27. The Morgan fingerprint density at radius 3 is 2.85 bits per heavy atom. The van der Waals surface area contributed by atoms with Crippen LogP contribution in [0.25, 0.3) is 0 Å². The smallest absolute Gasteiger partial charge is 0.320 e. The van der Waals surface area contributed by atoms with Crippen molar-refractivity contribution in [3.63, 3.8) is 0 Å². The van der Waals surface area contributed by atoms with Gasteiger partial charge in [0.05, 0.1) is 19.3 Å². The van der Waals surface area contributed by atoms with Crippen LogP contribution in [-0.4, -0.2) is 48.4 Å². The molecule has 1 saturated heterocycles. The van der Waals surface area contributed by atoms with Crippen molar-refractivity contribution in [2.45, 2.75) is 6.04 Å². The van der Waals surface area contributed by atoms with Crippen molar-refractivity contribution in [2.75, 3.05) is 36.6 Å². The minimum atomic E-state index is -0.606. The Kier molecular flexibility index (Phi) is 6.03. The van der Waals surface area contributed by atoms with Crippen molar-refractivity contribution in [2.24, 2.45) is 0 Å². The number of carbonyl (C=O) groups is 2. The first-order valence-electron chi connectivity index (χ1n) is 8.19. The predicted molar refractivity (Wildman–Crippen MR) is 102 cm³/mol. The van der Waals surface area contributed by atoms with Gasteiger partial charge in [-0.1, -0.05) is 12.1 Å².